The van der Waals surface area contributed by atoms with E-state index in [1.54, 1.807) is 24.3 Å². The van der Waals surface area contributed by atoms with E-state index >= 15 is 0 Å². The van der Waals surface area contributed by atoms with E-state index in [0.717, 1.165) is 5.57 Å². The summed E-state index contributed by atoms with van der Waals surface area (Å²) in [4.78, 5) is 22.9. The molecule has 0 radical (unpaired) electrons. The highest BCUT2D eigenvalue weighted by molar-refractivity contribution is 5.84. The SMILES string of the molecule is C/C(=C\COc1ccc2ccc(=O)oc2c1O)CC1CC(O)(CO)C(=O)O1. The molecule has 0 aliphatic carbocycles. The Morgan fingerprint density at radius 2 is 2.07 bits per heavy atom. The van der Waals surface area contributed by atoms with Gasteiger partial charge in [-0.25, -0.2) is 9.59 Å². The molecule has 1 saturated heterocycles. The molecule has 8 heteroatoms. The van der Waals surface area contributed by atoms with Crippen molar-refractivity contribution < 1.29 is 34.0 Å². The van der Waals surface area contributed by atoms with Gasteiger partial charge in [0.2, 0.25) is 5.75 Å². The predicted molar refractivity (Wildman–Crippen MR) is 94.6 cm³/mol. The summed E-state index contributed by atoms with van der Waals surface area (Å²) < 4.78 is 15.6. The molecule has 0 amide bonds. The third-order valence-electron chi connectivity index (χ3n) is 4.43. The van der Waals surface area contributed by atoms with Crippen LogP contribution in [0.2, 0.25) is 0 Å². The molecular weight excluding hydrogens is 356 g/mol. The van der Waals surface area contributed by atoms with Crippen LogP contribution in [0.15, 0.2) is 45.1 Å². The highest BCUT2D eigenvalue weighted by atomic mass is 16.6. The molecule has 3 rings (SSSR count). The zero-order valence-corrected chi connectivity index (χ0v) is 14.7. The molecule has 2 aromatic rings. The van der Waals surface area contributed by atoms with Gasteiger partial charge < -0.3 is 29.2 Å². The van der Waals surface area contributed by atoms with Gasteiger partial charge in [-0.2, -0.15) is 0 Å². The summed E-state index contributed by atoms with van der Waals surface area (Å²) >= 11 is 0. The lowest BCUT2D eigenvalue weighted by molar-refractivity contribution is -0.157. The van der Waals surface area contributed by atoms with Crippen molar-refractivity contribution in [2.24, 2.45) is 0 Å². The number of phenols is 1. The van der Waals surface area contributed by atoms with Crippen molar-refractivity contribution in [3.05, 3.63) is 46.3 Å². The molecule has 2 atom stereocenters. The van der Waals surface area contributed by atoms with E-state index in [9.17, 15) is 19.8 Å². The number of benzene rings is 1. The molecule has 8 nitrogen and oxygen atoms in total. The number of rotatable bonds is 6. The molecule has 0 spiro atoms. The Bertz CT molecular complexity index is 944. The zero-order chi connectivity index (χ0) is 19.6. The van der Waals surface area contributed by atoms with Gasteiger partial charge in [0, 0.05) is 24.3 Å². The Balaban J connectivity index is 1.62. The lowest BCUT2D eigenvalue weighted by Gasteiger charge is -2.13. The monoisotopic (exact) mass is 376 g/mol. The number of aromatic hydroxyl groups is 1. The maximum atomic E-state index is 11.6. The molecule has 144 valence electrons. The minimum absolute atomic E-state index is 0.0267. The van der Waals surface area contributed by atoms with Gasteiger partial charge in [-0.05, 0) is 31.2 Å². The Morgan fingerprint density at radius 1 is 1.33 bits per heavy atom. The van der Waals surface area contributed by atoms with Gasteiger partial charge in [-0.15, -0.1) is 0 Å². The van der Waals surface area contributed by atoms with Crippen molar-refractivity contribution in [2.75, 3.05) is 13.2 Å². The van der Waals surface area contributed by atoms with Crippen molar-refractivity contribution in [1.29, 1.82) is 0 Å². The Kier molecular flexibility index (Phi) is 5.20. The van der Waals surface area contributed by atoms with Gasteiger partial charge in [-0.3, -0.25) is 0 Å². The van der Waals surface area contributed by atoms with Gasteiger partial charge in [0.05, 0.1) is 6.61 Å². The first-order valence-electron chi connectivity index (χ1n) is 8.41. The molecule has 1 fully saturated rings. The second kappa shape index (κ2) is 7.42. The Labute approximate surface area is 154 Å². The first-order valence-corrected chi connectivity index (χ1v) is 8.41. The van der Waals surface area contributed by atoms with E-state index in [4.69, 9.17) is 19.0 Å². The average molecular weight is 376 g/mol. The van der Waals surface area contributed by atoms with E-state index in [1.165, 1.54) is 6.07 Å². The summed E-state index contributed by atoms with van der Waals surface area (Å²) in [6.07, 6.45) is 1.64. The van der Waals surface area contributed by atoms with Crippen molar-refractivity contribution in [3.63, 3.8) is 0 Å². The van der Waals surface area contributed by atoms with Gasteiger partial charge in [0.15, 0.2) is 16.9 Å². The third-order valence-corrected chi connectivity index (χ3v) is 4.43. The van der Waals surface area contributed by atoms with Crippen LogP contribution in [0.1, 0.15) is 19.8 Å². The smallest absolute Gasteiger partial charge is 0.341 e. The molecule has 2 heterocycles. The van der Waals surface area contributed by atoms with Gasteiger partial charge in [0.1, 0.15) is 12.7 Å². The molecule has 3 N–H and O–H groups in total. The van der Waals surface area contributed by atoms with Crippen LogP contribution < -0.4 is 10.4 Å². The maximum absolute atomic E-state index is 11.6. The minimum atomic E-state index is -1.83. The summed E-state index contributed by atoms with van der Waals surface area (Å²) in [5, 5.41) is 29.8. The van der Waals surface area contributed by atoms with Crippen LogP contribution in [0.25, 0.3) is 11.0 Å². The molecule has 27 heavy (non-hydrogen) atoms. The quantitative estimate of drug-likeness (QED) is 0.391. The van der Waals surface area contributed by atoms with Crippen molar-refractivity contribution in [3.8, 4) is 11.5 Å². The fourth-order valence-electron chi connectivity index (χ4n) is 2.94. The second-order valence-corrected chi connectivity index (χ2v) is 6.57. The highest BCUT2D eigenvalue weighted by Gasteiger charge is 2.47. The second-order valence-electron chi connectivity index (χ2n) is 6.57. The number of carbonyl (C=O) groups is 1. The minimum Gasteiger partial charge on any atom is -0.502 e. The summed E-state index contributed by atoms with van der Waals surface area (Å²) in [7, 11) is 0. The van der Waals surface area contributed by atoms with E-state index < -0.39 is 29.9 Å². The van der Waals surface area contributed by atoms with Crippen LogP contribution in [0.5, 0.6) is 11.5 Å². The number of cyclic esters (lactones) is 1. The van der Waals surface area contributed by atoms with Crippen LogP contribution in [0.4, 0.5) is 0 Å². The highest BCUT2D eigenvalue weighted by Crippen LogP contribution is 2.34. The first kappa shape index (κ1) is 18.9. The standard InChI is InChI=1S/C19H20O8/c1-11(8-13-9-19(24,10-20)18(23)26-13)6-7-25-14-4-2-12-3-5-15(21)27-17(12)16(14)22/h2-6,13,20,22,24H,7-10H2,1H3/b11-6+. The van der Waals surface area contributed by atoms with Crippen LogP contribution in [-0.2, 0) is 9.53 Å². The lowest BCUT2D eigenvalue weighted by Crippen LogP contribution is -2.38. The van der Waals surface area contributed by atoms with Gasteiger partial charge in [-0.1, -0.05) is 5.57 Å². The van der Waals surface area contributed by atoms with Crippen LogP contribution in [0.3, 0.4) is 0 Å². The number of carbonyl (C=O) groups excluding carboxylic acids is 1. The number of esters is 1. The number of phenolic OH excluding ortho intramolecular Hbond substituents is 1. The molecule has 1 aromatic heterocycles. The van der Waals surface area contributed by atoms with Gasteiger partial charge >= 0.3 is 11.6 Å². The average Bonchev–Trinajstić information content (AvgIpc) is 2.91. The molecular formula is C19H20O8. The van der Waals surface area contributed by atoms with Crippen molar-refractivity contribution in [2.45, 2.75) is 31.5 Å². The number of aliphatic hydroxyl groups is 2. The van der Waals surface area contributed by atoms with Crippen molar-refractivity contribution in [1.82, 2.24) is 0 Å². The van der Waals surface area contributed by atoms with E-state index in [2.05, 4.69) is 0 Å². The fourth-order valence-corrected chi connectivity index (χ4v) is 2.94. The van der Waals surface area contributed by atoms with Crippen LogP contribution in [0, 0.1) is 0 Å². The van der Waals surface area contributed by atoms with Gasteiger partial charge in [0.25, 0.3) is 0 Å². The summed E-state index contributed by atoms with van der Waals surface area (Å²) in [6, 6.07) is 6.05. The summed E-state index contributed by atoms with van der Waals surface area (Å²) in [6.45, 7) is 1.27. The Hall–Kier alpha value is -2.84. The van der Waals surface area contributed by atoms with E-state index in [-0.39, 0.29) is 30.1 Å². The van der Waals surface area contributed by atoms with Crippen LogP contribution >= 0.6 is 0 Å². The predicted octanol–water partition coefficient (Wildman–Crippen LogP) is 1.25. The van der Waals surface area contributed by atoms with E-state index in [1.807, 2.05) is 6.92 Å². The molecule has 1 aliphatic rings. The molecule has 0 bridgehead atoms. The third kappa shape index (κ3) is 3.96. The number of fused-ring (bicyclic) bond motifs is 1. The fraction of sp³-hybridized carbons (Fsp3) is 0.368. The summed E-state index contributed by atoms with van der Waals surface area (Å²) in [5.41, 5.74) is -1.49. The maximum Gasteiger partial charge on any atom is 0.341 e. The zero-order valence-electron chi connectivity index (χ0n) is 14.7. The molecule has 1 aromatic carbocycles. The largest absolute Gasteiger partial charge is 0.502 e. The number of ether oxygens (including phenoxy) is 2. The summed E-state index contributed by atoms with van der Waals surface area (Å²) in [5.74, 6) is -0.904. The molecule has 0 saturated carbocycles. The van der Waals surface area contributed by atoms with Crippen LogP contribution in [-0.4, -0.2) is 46.2 Å². The number of aliphatic hydroxyl groups excluding tert-OH is 1. The molecule has 1 aliphatic heterocycles. The Morgan fingerprint density at radius 3 is 2.78 bits per heavy atom. The number of hydrogen-bond donors (Lipinski definition) is 3. The normalized spacial score (nSPS) is 22.9. The molecule has 2 unspecified atom stereocenters. The number of hydrogen-bond acceptors (Lipinski definition) is 8. The lowest BCUT2D eigenvalue weighted by atomic mass is 9.97. The topological polar surface area (TPSA) is 126 Å². The first-order chi connectivity index (χ1) is 12.8. The van der Waals surface area contributed by atoms with Crippen molar-refractivity contribution >= 4 is 16.9 Å². The van der Waals surface area contributed by atoms with E-state index in [0.29, 0.717) is 11.8 Å².